The van der Waals surface area contributed by atoms with Crippen molar-refractivity contribution in [3.8, 4) is 11.5 Å². The van der Waals surface area contributed by atoms with Gasteiger partial charge in [-0.2, -0.15) is 0 Å². The molecule has 9 heteroatoms. The summed E-state index contributed by atoms with van der Waals surface area (Å²) in [6.45, 7) is 1.93. The van der Waals surface area contributed by atoms with E-state index in [1.54, 1.807) is 93.1 Å². The van der Waals surface area contributed by atoms with Crippen LogP contribution in [-0.4, -0.2) is 31.9 Å². The molecule has 5 rings (SSSR count). The molecule has 2 N–H and O–H groups in total. The summed E-state index contributed by atoms with van der Waals surface area (Å²) in [6.07, 6.45) is 0. The Morgan fingerprint density at radius 2 is 1.51 bits per heavy atom. The SMILES string of the molecule is COc1ccc(C(=O)Nc2ccc(SC3=C(Nc4cc(C)ccc4OC)C(=O)N(c4ccccc4)C3=O)cc2)cc1. The van der Waals surface area contributed by atoms with Crippen molar-refractivity contribution < 1.29 is 23.9 Å². The topological polar surface area (TPSA) is 97.0 Å². The third-order valence-corrected chi connectivity index (χ3v) is 7.45. The molecule has 41 heavy (non-hydrogen) atoms. The molecule has 0 bridgehead atoms. The number of nitrogens with one attached hydrogen (secondary N) is 2. The number of nitrogens with zero attached hydrogens (tertiary/aromatic N) is 1. The van der Waals surface area contributed by atoms with E-state index in [2.05, 4.69) is 10.6 Å². The molecule has 0 aliphatic carbocycles. The second kappa shape index (κ2) is 12.0. The zero-order valence-corrected chi connectivity index (χ0v) is 23.5. The van der Waals surface area contributed by atoms with Crippen molar-refractivity contribution in [1.82, 2.24) is 0 Å². The second-order valence-electron chi connectivity index (χ2n) is 9.12. The highest BCUT2D eigenvalue weighted by Crippen LogP contribution is 2.39. The average molecular weight is 566 g/mol. The van der Waals surface area contributed by atoms with Gasteiger partial charge in [0, 0.05) is 16.1 Å². The number of benzene rings is 4. The minimum atomic E-state index is -0.462. The van der Waals surface area contributed by atoms with Crippen LogP contribution in [0.25, 0.3) is 0 Å². The zero-order valence-electron chi connectivity index (χ0n) is 22.6. The number of anilines is 3. The summed E-state index contributed by atoms with van der Waals surface area (Å²) < 4.78 is 10.6. The predicted octanol–water partition coefficient (Wildman–Crippen LogP) is 6.25. The van der Waals surface area contributed by atoms with E-state index in [1.165, 1.54) is 11.8 Å². The molecule has 3 amide bonds. The van der Waals surface area contributed by atoms with Crippen LogP contribution in [0.2, 0.25) is 0 Å². The first-order valence-electron chi connectivity index (χ1n) is 12.7. The molecule has 0 unspecified atom stereocenters. The van der Waals surface area contributed by atoms with E-state index in [9.17, 15) is 14.4 Å². The number of para-hydroxylation sites is 1. The fraction of sp³-hybridized carbons (Fsp3) is 0.0938. The van der Waals surface area contributed by atoms with Gasteiger partial charge in [-0.1, -0.05) is 36.0 Å². The quantitative estimate of drug-likeness (QED) is 0.232. The van der Waals surface area contributed by atoms with Gasteiger partial charge in [-0.05, 0) is 85.3 Å². The molecule has 0 radical (unpaired) electrons. The Morgan fingerprint density at radius 1 is 0.805 bits per heavy atom. The lowest BCUT2D eigenvalue weighted by Gasteiger charge is -2.16. The number of rotatable bonds is 9. The van der Waals surface area contributed by atoms with Gasteiger partial charge in [0.25, 0.3) is 17.7 Å². The van der Waals surface area contributed by atoms with E-state index >= 15 is 0 Å². The summed E-state index contributed by atoms with van der Waals surface area (Å²) in [5.41, 5.74) is 3.26. The fourth-order valence-corrected chi connectivity index (χ4v) is 5.18. The van der Waals surface area contributed by atoms with Gasteiger partial charge in [0.05, 0.1) is 25.6 Å². The van der Waals surface area contributed by atoms with Gasteiger partial charge in [0.1, 0.15) is 22.1 Å². The van der Waals surface area contributed by atoms with Crippen LogP contribution in [0, 0.1) is 6.92 Å². The lowest BCUT2D eigenvalue weighted by Crippen LogP contribution is -2.32. The molecule has 0 aromatic heterocycles. The number of carbonyl (C=O) groups excluding carboxylic acids is 3. The van der Waals surface area contributed by atoms with Crippen molar-refractivity contribution in [3.63, 3.8) is 0 Å². The highest BCUT2D eigenvalue weighted by molar-refractivity contribution is 8.04. The van der Waals surface area contributed by atoms with Crippen molar-refractivity contribution in [1.29, 1.82) is 0 Å². The molecule has 1 aliphatic rings. The van der Waals surface area contributed by atoms with Crippen molar-refractivity contribution in [3.05, 3.63) is 119 Å². The number of imide groups is 1. The van der Waals surface area contributed by atoms with E-state index in [-0.39, 0.29) is 16.5 Å². The molecule has 4 aromatic rings. The van der Waals surface area contributed by atoms with Crippen molar-refractivity contribution in [2.45, 2.75) is 11.8 Å². The molecular weight excluding hydrogens is 538 g/mol. The molecule has 4 aromatic carbocycles. The van der Waals surface area contributed by atoms with Crippen LogP contribution in [0.15, 0.2) is 113 Å². The van der Waals surface area contributed by atoms with Gasteiger partial charge in [-0.3, -0.25) is 14.4 Å². The maximum absolute atomic E-state index is 13.6. The van der Waals surface area contributed by atoms with Crippen LogP contribution < -0.4 is 25.0 Å². The van der Waals surface area contributed by atoms with Crippen LogP contribution in [0.5, 0.6) is 11.5 Å². The van der Waals surface area contributed by atoms with E-state index in [0.29, 0.717) is 39.0 Å². The van der Waals surface area contributed by atoms with E-state index in [0.717, 1.165) is 10.5 Å². The van der Waals surface area contributed by atoms with E-state index < -0.39 is 11.8 Å². The number of aryl methyl sites for hydroxylation is 1. The van der Waals surface area contributed by atoms with Crippen LogP contribution >= 0.6 is 11.8 Å². The second-order valence-corrected chi connectivity index (χ2v) is 10.2. The number of ether oxygens (including phenoxy) is 2. The van der Waals surface area contributed by atoms with Crippen molar-refractivity contribution in [2.24, 2.45) is 0 Å². The first-order valence-corrected chi connectivity index (χ1v) is 13.5. The minimum Gasteiger partial charge on any atom is -0.497 e. The number of amides is 3. The largest absolute Gasteiger partial charge is 0.497 e. The van der Waals surface area contributed by atoms with E-state index in [4.69, 9.17) is 9.47 Å². The summed E-state index contributed by atoms with van der Waals surface area (Å²) in [4.78, 5) is 42.1. The van der Waals surface area contributed by atoms with Crippen LogP contribution in [-0.2, 0) is 9.59 Å². The first kappa shape index (κ1) is 27.5. The van der Waals surface area contributed by atoms with Gasteiger partial charge in [-0.25, -0.2) is 4.90 Å². The molecule has 1 heterocycles. The smallest absolute Gasteiger partial charge is 0.283 e. The Labute approximate surface area is 242 Å². The Kier molecular flexibility index (Phi) is 8.07. The standard InChI is InChI=1S/C32H27N3O5S/c1-20-9-18-27(40-3)26(19-20)34-28-29(32(38)35(31(28)37)23-7-5-4-6-8-23)41-25-16-12-22(13-17-25)33-30(36)21-10-14-24(39-2)15-11-21/h4-19,34H,1-3H3,(H,33,36). The third-order valence-electron chi connectivity index (χ3n) is 6.35. The molecule has 0 saturated carbocycles. The maximum Gasteiger partial charge on any atom is 0.283 e. The van der Waals surface area contributed by atoms with Crippen molar-refractivity contribution in [2.75, 3.05) is 29.8 Å². The van der Waals surface area contributed by atoms with Crippen LogP contribution in [0.1, 0.15) is 15.9 Å². The van der Waals surface area contributed by atoms with Crippen LogP contribution in [0.4, 0.5) is 17.1 Å². The molecule has 0 atom stereocenters. The summed E-state index contributed by atoms with van der Waals surface area (Å²) in [5.74, 6) is 0.0535. The lowest BCUT2D eigenvalue weighted by atomic mass is 10.2. The Bertz CT molecular complexity index is 1630. The Morgan fingerprint density at radius 3 is 2.17 bits per heavy atom. The number of hydrogen-bond donors (Lipinski definition) is 2. The average Bonchev–Trinajstić information content (AvgIpc) is 3.22. The molecular formula is C32H27N3O5S. The zero-order chi connectivity index (χ0) is 28.9. The number of methoxy groups -OCH3 is 2. The minimum absolute atomic E-state index is 0.157. The normalized spacial score (nSPS) is 12.9. The number of carbonyl (C=O) groups is 3. The van der Waals surface area contributed by atoms with Gasteiger partial charge in [0.2, 0.25) is 0 Å². The number of hydrogen-bond acceptors (Lipinski definition) is 7. The monoisotopic (exact) mass is 565 g/mol. The highest BCUT2D eigenvalue weighted by atomic mass is 32.2. The van der Waals surface area contributed by atoms with Gasteiger partial charge < -0.3 is 20.1 Å². The van der Waals surface area contributed by atoms with Gasteiger partial charge in [-0.15, -0.1) is 0 Å². The van der Waals surface area contributed by atoms with Gasteiger partial charge in [0.15, 0.2) is 0 Å². The fourth-order valence-electron chi connectivity index (χ4n) is 4.25. The summed E-state index contributed by atoms with van der Waals surface area (Å²) in [5, 5.41) is 6.03. The Hall–Kier alpha value is -5.02. The molecule has 206 valence electrons. The number of thioether (sulfide) groups is 1. The highest BCUT2D eigenvalue weighted by Gasteiger charge is 2.40. The predicted molar refractivity (Wildman–Crippen MR) is 161 cm³/mol. The maximum atomic E-state index is 13.6. The van der Waals surface area contributed by atoms with Crippen molar-refractivity contribution >= 4 is 46.5 Å². The molecule has 1 aliphatic heterocycles. The Balaban J connectivity index is 1.41. The lowest BCUT2D eigenvalue weighted by molar-refractivity contribution is -0.120. The first-order chi connectivity index (χ1) is 19.9. The molecule has 0 fully saturated rings. The molecule has 0 spiro atoms. The third kappa shape index (κ3) is 5.95. The summed E-state index contributed by atoms with van der Waals surface area (Å²) in [6, 6.07) is 28.3. The summed E-state index contributed by atoms with van der Waals surface area (Å²) in [7, 11) is 3.12. The summed E-state index contributed by atoms with van der Waals surface area (Å²) >= 11 is 1.17. The van der Waals surface area contributed by atoms with Crippen LogP contribution in [0.3, 0.4) is 0 Å². The molecule has 8 nitrogen and oxygen atoms in total. The van der Waals surface area contributed by atoms with Gasteiger partial charge >= 0.3 is 0 Å². The van der Waals surface area contributed by atoms with E-state index in [1.807, 2.05) is 25.1 Å². The molecule has 0 saturated heterocycles.